The largest absolute Gasteiger partial charge is 0.298 e. The van der Waals surface area contributed by atoms with Crippen LogP contribution in [0.3, 0.4) is 0 Å². The first-order valence-corrected chi connectivity index (χ1v) is 4.40. The molecule has 0 aliphatic rings. The topological polar surface area (TPSA) is 75.8 Å². The maximum absolute atomic E-state index is 8.17. The van der Waals surface area contributed by atoms with Crippen LogP contribution in [0.25, 0.3) is 21.5 Å². The first kappa shape index (κ1) is 9.36. The van der Waals surface area contributed by atoms with E-state index in [2.05, 4.69) is 15.2 Å². The zero-order valence-corrected chi connectivity index (χ0v) is 8.38. The molecule has 0 bridgehead atoms. The Morgan fingerprint density at radius 1 is 1.47 bits per heavy atom. The van der Waals surface area contributed by atoms with Crippen molar-refractivity contribution < 1.29 is 4.94 Å². The van der Waals surface area contributed by atoms with Crippen LogP contribution in [0.15, 0.2) is 23.5 Å². The van der Waals surface area contributed by atoms with Gasteiger partial charge < -0.3 is 0 Å². The van der Waals surface area contributed by atoms with Gasteiger partial charge in [-0.1, -0.05) is 6.07 Å². The summed E-state index contributed by atoms with van der Waals surface area (Å²) in [5, 5.41) is 3.05. The molecule has 6 heteroatoms. The maximum Gasteiger partial charge on any atom is 0.144 e. The lowest BCUT2D eigenvalue weighted by molar-refractivity contribution is 0.117. The van der Waals surface area contributed by atoms with Crippen molar-refractivity contribution in [1.82, 2.24) is 9.71 Å². The molecule has 1 aromatic carbocycles. The van der Waals surface area contributed by atoms with Crippen LogP contribution < -0.4 is 4.94 Å². The van der Waals surface area contributed by atoms with E-state index in [1.54, 1.807) is 6.92 Å². The van der Waals surface area contributed by atoms with Gasteiger partial charge in [-0.05, 0) is 37.1 Å². The fourth-order valence-corrected chi connectivity index (χ4v) is 1.44. The lowest BCUT2D eigenvalue weighted by atomic mass is 10.2. The fourth-order valence-electron chi connectivity index (χ4n) is 1.44. The molecule has 2 rings (SSSR count). The fraction of sp³-hybridized carbons (Fsp3) is 0.222. The van der Waals surface area contributed by atoms with Crippen LogP contribution in [0.4, 0.5) is 0 Å². The quantitative estimate of drug-likeness (QED) is 0.325. The first-order chi connectivity index (χ1) is 7.22. The van der Waals surface area contributed by atoms with Gasteiger partial charge in [0.05, 0.1) is 5.52 Å². The second-order valence-electron chi connectivity index (χ2n) is 3.20. The smallest absolute Gasteiger partial charge is 0.144 e. The third-order valence-electron chi connectivity index (χ3n) is 2.08. The number of aryl methyl sites for hydroxylation is 2. The zero-order chi connectivity index (χ0) is 10.8. The predicted octanol–water partition coefficient (Wildman–Crippen LogP) is 2.31. The molecule has 0 saturated heterocycles. The van der Waals surface area contributed by atoms with Crippen molar-refractivity contribution in [3.63, 3.8) is 0 Å². The van der Waals surface area contributed by atoms with Gasteiger partial charge in [0, 0.05) is 4.91 Å². The van der Waals surface area contributed by atoms with Crippen LogP contribution in [0, 0.1) is 13.8 Å². The standard InChI is InChI=1S/C9H9N5O/c1-6-3-4-9-8(5-6)11-7(2)14(9)15-13-12-10/h3-5H,1-2H3. The lowest BCUT2D eigenvalue weighted by Crippen LogP contribution is -2.05. The number of hydrogen-bond donors (Lipinski definition) is 0. The summed E-state index contributed by atoms with van der Waals surface area (Å²) < 4.78 is 1.40. The highest BCUT2D eigenvalue weighted by atomic mass is 16.8. The molecule has 2 aromatic rings. The number of fused-ring (bicyclic) bond motifs is 1. The van der Waals surface area contributed by atoms with Crippen molar-refractivity contribution in [1.29, 1.82) is 0 Å². The Hall–Kier alpha value is -2.20. The molecule has 1 aromatic heterocycles. The van der Waals surface area contributed by atoms with Gasteiger partial charge in [0.15, 0.2) is 0 Å². The molecule has 0 spiro atoms. The lowest BCUT2D eigenvalue weighted by Gasteiger charge is -2.00. The Morgan fingerprint density at radius 3 is 3.00 bits per heavy atom. The third kappa shape index (κ3) is 1.58. The third-order valence-corrected chi connectivity index (χ3v) is 2.08. The van der Waals surface area contributed by atoms with E-state index in [9.17, 15) is 0 Å². The molecule has 0 unspecified atom stereocenters. The van der Waals surface area contributed by atoms with Crippen molar-refractivity contribution in [2.75, 3.05) is 0 Å². The Bertz CT molecular complexity index is 553. The van der Waals surface area contributed by atoms with Gasteiger partial charge in [-0.15, -0.1) is 0 Å². The number of aromatic nitrogens is 2. The molecule has 0 atom stereocenters. The minimum atomic E-state index is 0.642. The Morgan fingerprint density at radius 2 is 2.27 bits per heavy atom. The van der Waals surface area contributed by atoms with Gasteiger partial charge in [0.2, 0.25) is 0 Å². The van der Waals surface area contributed by atoms with E-state index >= 15 is 0 Å². The van der Waals surface area contributed by atoms with E-state index in [-0.39, 0.29) is 0 Å². The van der Waals surface area contributed by atoms with Crippen LogP contribution in [0.1, 0.15) is 11.4 Å². The molecular formula is C9H9N5O. The molecule has 6 nitrogen and oxygen atoms in total. The molecule has 0 aliphatic carbocycles. The van der Waals surface area contributed by atoms with Gasteiger partial charge in [0.25, 0.3) is 0 Å². The van der Waals surface area contributed by atoms with E-state index in [4.69, 9.17) is 10.5 Å². The Balaban J connectivity index is 2.62. The van der Waals surface area contributed by atoms with Crippen molar-refractivity contribution >= 4 is 11.0 Å². The normalized spacial score (nSPS) is 10.0. The molecule has 0 saturated carbocycles. The van der Waals surface area contributed by atoms with E-state index in [0.717, 1.165) is 16.6 Å². The average Bonchev–Trinajstić information content (AvgIpc) is 2.50. The van der Waals surface area contributed by atoms with Crippen molar-refractivity contribution in [3.05, 3.63) is 40.0 Å². The second kappa shape index (κ2) is 3.51. The molecule has 0 N–H and O–H groups in total. The van der Waals surface area contributed by atoms with Gasteiger partial charge in [-0.2, -0.15) is 4.73 Å². The minimum absolute atomic E-state index is 0.642. The number of hydrogen-bond acceptors (Lipinski definition) is 3. The zero-order valence-electron chi connectivity index (χ0n) is 8.38. The summed E-state index contributed by atoms with van der Waals surface area (Å²) in [7, 11) is 0. The number of rotatable bonds is 2. The molecular weight excluding hydrogens is 194 g/mol. The molecule has 76 valence electrons. The SMILES string of the molecule is Cc1ccc2c(c1)nc(C)n2ON=[N+]=[N-]. The van der Waals surface area contributed by atoms with Crippen LogP contribution in [-0.4, -0.2) is 9.71 Å². The van der Waals surface area contributed by atoms with Gasteiger partial charge in [-0.25, -0.2) is 4.98 Å². The van der Waals surface area contributed by atoms with Crippen molar-refractivity contribution in [2.24, 2.45) is 5.28 Å². The van der Waals surface area contributed by atoms with Crippen LogP contribution in [0.5, 0.6) is 0 Å². The van der Waals surface area contributed by atoms with Gasteiger partial charge in [0.1, 0.15) is 16.6 Å². The molecule has 0 amide bonds. The van der Waals surface area contributed by atoms with Crippen molar-refractivity contribution in [3.8, 4) is 0 Å². The first-order valence-electron chi connectivity index (χ1n) is 4.40. The van der Waals surface area contributed by atoms with Crippen LogP contribution in [-0.2, 0) is 0 Å². The van der Waals surface area contributed by atoms with E-state index in [1.165, 1.54) is 4.73 Å². The highest BCUT2D eigenvalue weighted by molar-refractivity contribution is 5.76. The minimum Gasteiger partial charge on any atom is -0.298 e. The summed E-state index contributed by atoms with van der Waals surface area (Å²) in [6.45, 7) is 3.77. The summed E-state index contributed by atoms with van der Waals surface area (Å²) in [6.07, 6.45) is 0. The van der Waals surface area contributed by atoms with E-state index in [0.29, 0.717) is 5.82 Å². The summed E-state index contributed by atoms with van der Waals surface area (Å²) >= 11 is 0. The number of nitrogens with zero attached hydrogens (tertiary/aromatic N) is 5. The van der Waals surface area contributed by atoms with Gasteiger partial charge >= 0.3 is 0 Å². The monoisotopic (exact) mass is 203 g/mol. The van der Waals surface area contributed by atoms with Crippen molar-refractivity contribution in [2.45, 2.75) is 13.8 Å². The van der Waals surface area contributed by atoms with E-state index in [1.807, 2.05) is 25.1 Å². The molecule has 0 aliphatic heterocycles. The summed E-state index contributed by atoms with van der Waals surface area (Å²) in [6, 6.07) is 5.76. The Kier molecular flexibility index (Phi) is 2.19. The number of benzene rings is 1. The van der Waals surface area contributed by atoms with Crippen LogP contribution in [0.2, 0.25) is 0 Å². The molecule has 1 heterocycles. The highest BCUT2D eigenvalue weighted by Crippen LogP contribution is 2.16. The number of azide groups is 1. The maximum atomic E-state index is 8.17. The predicted molar refractivity (Wildman–Crippen MR) is 54.9 cm³/mol. The summed E-state index contributed by atoms with van der Waals surface area (Å²) in [4.78, 5) is 11.7. The van der Waals surface area contributed by atoms with Crippen LogP contribution >= 0.6 is 0 Å². The molecule has 0 radical (unpaired) electrons. The summed E-state index contributed by atoms with van der Waals surface area (Å²) in [5.74, 6) is 0.642. The highest BCUT2D eigenvalue weighted by Gasteiger charge is 2.07. The van der Waals surface area contributed by atoms with E-state index < -0.39 is 0 Å². The Labute approximate surface area is 85.6 Å². The average molecular weight is 203 g/mol. The summed E-state index contributed by atoms with van der Waals surface area (Å²) in [5.41, 5.74) is 10.9. The second-order valence-corrected chi connectivity index (χ2v) is 3.20. The molecule has 15 heavy (non-hydrogen) atoms. The number of imidazole rings is 1. The van der Waals surface area contributed by atoms with Gasteiger partial charge in [-0.3, -0.25) is 4.94 Å². The molecule has 0 fully saturated rings.